The van der Waals surface area contributed by atoms with Gasteiger partial charge in [0.15, 0.2) is 0 Å². The highest BCUT2D eigenvalue weighted by molar-refractivity contribution is 7.17. The molecule has 4 rings (SSSR count). The van der Waals surface area contributed by atoms with Gasteiger partial charge >= 0.3 is 0 Å². The summed E-state index contributed by atoms with van der Waals surface area (Å²) < 4.78 is 0. The molecule has 0 spiro atoms. The van der Waals surface area contributed by atoms with E-state index < -0.39 is 0 Å². The van der Waals surface area contributed by atoms with Crippen LogP contribution in [0.5, 0.6) is 0 Å². The predicted molar refractivity (Wildman–Crippen MR) is 138 cm³/mol. The standard InChI is InChI=1S/C26H26Cl2N2O2S/c1-26(2,3)15-8-13-19-21(14-15)33-25(30-23(31)18-6-4-5-7-20(18)28)22(19)24(32)29-17-11-9-16(27)10-12-17/h4-7,9-12,15H,8,13-14H2,1-3H3,(H,29,32)(H,30,31). The van der Waals surface area contributed by atoms with Crippen molar-refractivity contribution in [1.29, 1.82) is 0 Å². The Morgan fingerprint density at radius 2 is 1.67 bits per heavy atom. The van der Waals surface area contributed by atoms with E-state index in [1.165, 1.54) is 11.3 Å². The first-order valence-corrected chi connectivity index (χ1v) is 12.5. The third-order valence-corrected chi connectivity index (χ3v) is 7.92. The van der Waals surface area contributed by atoms with E-state index >= 15 is 0 Å². The van der Waals surface area contributed by atoms with Gasteiger partial charge < -0.3 is 10.6 Å². The van der Waals surface area contributed by atoms with Crippen LogP contribution >= 0.6 is 34.5 Å². The minimum absolute atomic E-state index is 0.175. The maximum absolute atomic E-state index is 13.4. The van der Waals surface area contributed by atoms with E-state index in [4.69, 9.17) is 23.2 Å². The quantitative estimate of drug-likeness (QED) is 0.385. The summed E-state index contributed by atoms with van der Waals surface area (Å²) in [5.41, 5.74) is 2.77. The molecule has 172 valence electrons. The summed E-state index contributed by atoms with van der Waals surface area (Å²) in [6.07, 6.45) is 2.71. The zero-order chi connectivity index (χ0) is 23.8. The summed E-state index contributed by atoms with van der Waals surface area (Å²) in [7, 11) is 0. The topological polar surface area (TPSA) is 58.2 Å². The fraction of sp³-hybridized carbons (Fsp3) is 0.308. The number of carbonyl (C=O) groups excluding carboxylic acids is 2. The number of fused-ring (bicyclic) bond motifs is 1. The SMILES string of the molecule is CC(C)(C)C1CCc2c(sc(NC(=O)c3ccccc3Cl)c2C(=O)Nc2ccc(Cl)cc2)C1. The number of nitrogens with one attached hydrogen (secondary N) is 2. The summed E-state index contributed by atoms with van der Waals surface area (Å²) in [4.78, 5) is 27.6. The fourth-order valence-corrected chi connectivity index (χ4v) is 5.86. The fourth-order valence-electron chi connectivity index (χ4n) is 4.20. The number of benzene rings is 2. The first-order valence-electron chi connectivity index (χ1n) is 10.9. The maximum atomic E-state index is 13.4. The first-order chi connectivity index (χ1) is 15.6. The van der Waals surface area contributed by atoms with E-state index in [0.717, 1.165) is 29.7 Å². The summed E-state index contributed by atoms with van der Waals surface area (Å²) in [5, 5.41) is 7.46. The van der Waals surface area contributed by atoms with E-state index in [1.54, 1.807) is 48.5 Å². The van der Waals surface area contributed by atoms with Gasteiger partial charge in [0.2, 0.25) is 0 Å². The third-order valence-electron chi connectivity index (χ3n) is 6.16. The number of hydrogen-bond acceptors (Lipinski definition) is 3. The van der Waals surface area contributed by atoms with Crippen molar-refractivity contribution in [3.63, 3.8) is 0 Å². The Bertz CT molecular complexity index is 1200. The van der Waals surface area contributed by atoms with E-state index in [2.05, 4.69) is 31.4 Å². The van der Waals surface area contributed by atoms with E-state index in [-0.39, 0.29) is 17.2 Å². The lowest BCUT2D eigenvalue weighted by Gasteiger charge is -2.33. The van der Waals surface area contributed by atoms with Crippen LogP contribution in [0.15, 0.2) is 48.5 Å². The molecule has 2 aromatic carbocycles. The molecule has 1 heterocycles. The number of rotatable bonds is 4. The van der Waals surface area contributed by atoms with Gasteiger partial charge in [-0.15, -0.1) is 11.3 Å². The molecule has 1 aromatic heterocycles. The smallest absolute Gasteiger partial charge is 0.258 e. The second-order valence-electron chi connectivity index (χ2n) is 9.41. The molecule has 0 aliphatic heterocycles. The van der Waals surface area contributed by atoms with Crippen LogP contribution in [0.1, 0.15) is 58.3 Å². The van der Waals surface area contributed by atoms with Crippen LogP contribution in [-0.4, -0.2) is 11.8 Å². The van der Waals surface area contributed by atoms with E-state index in [9.17, 15) is 9.59 Å². The maximum Gasteiger partial charge on any atom is 0.258 e. The lowest BCUT2D eigenvalue weighted by Crippen LogP contribution is -2.27. The summed E-state index contributed by atoms with van der Waals surface area (Å²) >= 11 is 13.7. The molecule has 2 N–H and O–H groups in total. The average molecular weight is 501 g/mol. The van der Waals surface area contributed by atoms with Crippen LogP contribution in [0.4, 0.5) is 10.7 Å². The second kappa shape index (κ2) is 9.49. The zero-order valence-electron chi connectivity index (χ0n) is 18.8. The van der Waals surface area contributed by atoms with Crippen LogP contribution in [0.3, 0.4) is 0 Å². The molecule has 1 atom stereocenters. The molecule has 33 heavy (non-hydrogen) atoms. The number of hydrogen-bond donors (Lipinski definition) is 2. The molecule has 0 saturated heterocycles. The van der Waals surface area contributed by atoms with Crippen molar-refractivity contribution in [1.82, 2.24) is 0 Å². The highest BCUT2D eigenvalue weighted by Gasteiger charge is 2.34. The molecule has 1 aliphatic carbocycles. The summed E-state index contributed by atoms with van der Waals surface area (Å²) in [6, 6.07) is 13.9. The molecular formula is C26H26Cl2N2O2S. The van der Waals surface area contributed by atoms with Gasteiger partial charge in [0.05, 0.1) is 16.1 Å². The van der Waals surface area contributed by atoms with Crippen LogP contribution in [0.25, 0.3) is 0 Å². The van der Waals surface area contributed by atoms with Gasteiger partial charge in [-0.3, -0.25) is 9.59 Å². The Labute approximate surface area is 208 Å². The van der Waals surface area contributed by atoms with Crippen molar-refractivity contribution in [2.24, 2.45) is 11.3 Å². The molecule has 0 fully saturated rings. The number of halogens is 2. The van der Waals surface area contributed by atoms with Crippen molar-refractivity contribution >= 4 is 57.0 Å². The van der Waals surface area contributed by atoms with Gasteiger partial charge in [-0.1, -0.05) is 56.1 Å². The van der Waals surface area contributed by atoms with Crippen LogP contribution in [-0.2, 0) is 12.8 Å². The molecule has 1 unspecified atom stereocenters. The predicted octanol–water partition coefficient (Wildman–Crippen LogP) is 7.71. The monoisotopic (exact) mass is 500 g/mol. The van der Waals surface area contributed by atoms with Crippen LogP contribution in [0.2, 0.25) is 10.0 Å². The minimum Gasteiger partial charge on any atom is -0.322 e. The van der Waals surface area contributed by atoms with Crippen molar-refractivity contribution in [3.05, 3.63) is 80.1 Å². The molecule has 0 bridgehead atoms. The Morgan fingerprint density at radius 3 is 2.33 bits per heavy atom. The highest BCUT2D eigenvalue weighted by Crippen LogP contribution is 2.44. The van der Waals surface area contributed by atoms with Gasteiger partial charge in [-0.2, -0.15) is 0 Å². The number of amides is 2. The molecular weight excluding hydrogens is 475 g/mol. The molecule has 1 aliphatic rings. The van der Waals surface area contributed by atoms with Crippen molar-refractivity contribution < 1.29 is 9.59 Å². The van der Waals surface area contributed by atoms with Gasteiger partial charge in [-0.25, -0.2) is 0 Å². The van der Waals surface area contributed by atoms with Crippen molar-refractivity contribution in [3.8, 4) is 0 Å². The van der Waals surface area contributed by atoms with Crippen LogP contribution < -0.4 is 10.6 Å². The molecule has 0 saturated carbocycles. The second-order valence-corrected chi connectivity index (χ2v) is 11.4. The molecule has 4 nitrogen and oxygen atoms in total. The molecule has 0 radical (unpaired) electrons. The summed E-state index contributed by atoms with van der Waals surface area (Å²) in [6.45, 7) is 6.76. The van der Waals surface area contributed by atoms with Gasteiger partial charge in [0, 0.05) is 15.6 Å². The number of carbonyl (C=O) groups is 2. The Hall–Kier alpha value is -2.34. The zero-order valence-corrected chi connectivity index (χ0v) is 21.1. The van der Waals surface area contributed by atoms with Gasteiger partial charge in [-0.05, 0) is 72.6 Å². The lowest BCUT2D eigenvalue weighted by molar-refractivity contribution is 0.102. The lowest BCUT2D eigenvalue weighted by atomic mass is 9.72. The Balaban J connectivity index is 1.69. The van der Waals surface area contributed by atoms with Gasteiger partial charge in [0.1, 0.15) is 5.00 Å². The van der Waals surface area contributed by atoms with Crippen molar-refractivity contribution in [2.75, 3.05) is 10.6 Å². The molecule has 3 aromatic rings. The largest absolute Gasteiger partial charge is 0.322 e. The van der Waals surface area contributed by atoms with Gasteiger partial charge in [0.25, 0.3) is 11.8 Å². The minimum atomic E-state index is -0.327. The summed E-state index contributed by atoms with van der Waals surface area (Å²) in [5.74, 6) is -0.0476. The van der Waals surface area contributed by atoms with E-state index in [1.807, 2.05) is 0 Å². The Kier molecular flexibility index (Phi) is 6.85. The third kappa shape index (κ3) is 5.26. The number of anilines is 2. The average Bonchev–Trinajstić information content (AvgIpc) is 3.12. The van der Waals surface area contributed by atoms with Crippen LogP contribution in [0, 0.1) is 11.3 Å². The number of thiophene rings is 1. The first kappa shape index (κ1) is 23.8. The molecule has 7 heteroatoms. The Morgan fingerprint density at radius 1 is 0.970 bits per heavy atom. The molecule has 2 amide bonds. The normalized spacial score (nSPS) is 15.6. The van der Waals surface area contributed by atoms with Crippen molar-refractivity contribution in [2.45, 2.75) is 40.0 Å². The highest BCUT2D eigenvalue weighted by atomic mass is 35.5. The van der Waals surface area contributed by atoms with E-state index in [0.29, 0.717) is 37.8 Å².